The maximum Gasteiger partial charge on any atom is 0.387 e. The molecule has 1 aromatic carbocycles. The Hall–Kier alpha value is -1.77. The largest absolute Gasteiger partial charge is 0.435 e. The summed E-state index contributed by atoms with van der Waals surface area (Å²) in [6.07, 6.45) is 1.17. The highest BCUT2D eigenvalue weighted by Crippen LogP contribution is 2.51. The highest BCUT2D eigenvalue weighted by molar-refractivity contribution is 5.94. The van der Waals surface area contributed by atoms with Crippen LogP contribution in [-0.4, -0.2) is 66.1 Å². The molecule has 2 aliphatic rings. The zero-order valence-electron chi connectivity index (χ0n) is 14.3. The van der Waals surface area contributed by atoms with Gasteiger partial charge in [-0.25, -0.2) is 0 Å². The molecule has 0 radical (unpaired) electrons. The van der Waals surface area contributed by atoms with Crippen LogP contribution in [0.25, 0.3) is 0 Å². The van der Waals surface area contributed by atoms with Crippen molar-refractivity contribution < 1.29 is 33.3 Å². The number of ether oxygens (including phenoxy) is 2. The van der Waals surface area contributed by atoms with E-state index in [9.17, 15) is 18.7 Å². The van der Waals surface area contributed by atoms with Crippen LogP contribution in [0.15, 0.2) is 24.3 Å². The molecule has 1 saturated carbocycles. The fraction of sp³-hybridized carbons (Fsp3) is 0.611. The van der Waals surface area contributed by atoms with Crippen molar-refractivity contribution in [3.8, 4) is 5.75 Å². The molecule has 1 heterocycles. The van der Waals surface area contributed by atoms with Gasteiger partial charge >= 0.3 is 6.61 Å². The van der Waals surface area contributed by atoms with Crippen LogP contribution in [0.2, 0.25) is 0 Å². The first-order chi connectivity index (χ1) is 12.5. The lowest BCUT2D eigenvalue weighted by atomic mass is 9.58. The Morgan fingerprint density at radius 2 is 2.08 bits per heavy atom. The van der Waals surface area contributed by atoms with E-state index in [0.717, 1.165) is 0 Å². The Morgan fingerprint density at radius 3 is 2.69 bits per heavy atom. The lowest BCUT2D eigenvalue weighted by Crippen LogP contribution is -2.62. The van der Waals surface area contributed by atoms with Gasteiger partial charge in [0.15, 0.2) is 0 Å². The maximum atomic E-state index is 12.6. The molecule has 6 nitrogen and oxygen atoms in total. The molecule has 2 atom stereocenters. The zero-order valence-corrected chi connectivity index (χ0v) is 14.3. The number of carbonyl (C=O) groups is 1. The first-order valence-corrected chi connectivity index (χ1v) is 8.71. The van der Waals surface area contributed by atoms with Crippen molar-refractivity contribution in [3.63, 3.8) is 0 Å². The van der Waals surface area contributed by atoms with Gasteiger partial charge in [0.05, 0.1) is 25.4 Å². The van der Waals surface area contributed by atoms with Crippen molar-refractivity contribution >= 4 is 5.91 Å². The van der Waals surface area contributed by atoms with Crippen LogP contribution >= 0.6 is 0 Å². The van der Waals surface area contributed by atoms with E-state index in [-0.39, 0.29) is 36.4 Å². The number of hydrogen-bond donors (Lipinski definition) is 2. The third kappa shape index (κ3) is 3.67. The van der Waals surface area contributed by atoms with Crippen LogP contribution in [0.3, 0.4) is 0 Å². The van der Waals surface area contributed by atoms with E-state index in [1.54, 1.807) is 11.0 Å². The molecule has 0 aromatic heterocycles. The van der Waals surface area contributed by atoms with E-state index >= 15 is 0 Å². The Balaban J connectivity index is 1.62. The molecule has 3 rings (SSSR count). The summed E-state index contributed by atoms with van der Waals surface area (Å²) in [7, 11) is 0. The molecule has 0 bridgehead atoms. The van der Waals surface area contributed by atoms with Crippen LogP contribution in [0.1, 0.15) is 29.6 Å². The quantitative estimate of drug-likeness (QED) is 0.795. The number of alkyl halides is 2. The molecule has 2 unspecified atom stereocenters. The van der Waals surface area contributed by atoms with Crippen LogP contribution in [-0.2, 0) is 4.74 Å². The van der Waals surface area contributed by atoms with Gasteiger partial charge in [0.2, 0.25) is 0 Å². The van der Waals surface area contributed by atoms with E-state index in [2.05, 4.69) is 4.74 Å². The van der Waals surface area contributed by atoms with E-state index in [1.807, 2.05) is 0 Å². The SMILES string of the molecule is O=C(c1cccc(OC(F)F)c1)N1CCC2(CC1)C(O)CC2OCCO. The van der Waals surface area contributed by atoms with Gasteiger partial charge in [-0.05, 0) is 31.0 Å². The smallest absolute Gasteiger partial charge is 0.387 e. The summed E-state index contributed by atoms with van der Waals surface area (Å²) >= 11 is 0. The molecule has 1 saturated heterocycles. The van der Waals surface area contributed by atoms with Crippen molar-refractivity contribution in [1.29, 1.82) is 0 Å². The van der Waals surface area contributed by atoms with Crippen molar-refractivity contribution in [2.24, 2.45) is 5.41 Å². The number of rotatable bonds is 6. The number of aliphatic hydroxyl groups excluding tert-OH is 2. The van der Waals surface area contributed by atoms with Gasteiger partial charge in [0, 0.05) is 30.5 Å². The molecule has 1 aliphatic carbocycles. The average molecular weight is 371 g/mol. The van der Waals surface area contributed by atoms with Crippen LogP contribution < -0.4 is 4.74 Å². The van der Waals surface area contributed by atoms with Crippen LogP contribution in [0, 0.1) is 5.41 Å². The van der Waals surface area contributed by atoms with Gasteiger partial charge in [-0.1, -0.05) is 6.07 Å². The summed E-state index contributed by atoms with van der Waals surface area (Å²) < 4.78 is 34.6. The Bertz CT molecular complexity index is 634. The highest BCUT2D eigenvalue weighted by atomic mass is 19.3. The molecular weight excluding hydrogens is 348 g/mol. The summed E-state index contributed by atoms with van der Waals surface area (Å²) in [6, 6.07) is 5.76. The third-order valence-electron chi connectivity index (χ3n) is 5.44. The number of likely N-dealkylation sites (tertiary alicyclic amines) is 1. The first-order valence-electron chi connectivity index (χ1n) is 8.71. The number of halogens is 2. The monoisotopic (exact) mass is 371 g/mol. The van der Waals surface area contributed by atoms with E-state index in [4.69, 9.17) is 9.84 Å². The Morgan fingerprint density at radius 1 is 1.35 bits per heavy atom. The van der Waals surface area contributed by atoms with Gasteiger partial charge < -0.3 is 24.6 Å². The number of hydrogen-bond acceptors (Lipinski definition) is 5. The molecular formula is C18H23F2NO5. The Labute approximate surface area is 150 Å². The highest BCUT2D eigenvalue weighted by Gasteiger charge is 2.56. The number of aliphatic hydroxyl groups is 2. The third-order valence-corrected chi connectivity index (χ3v) is 5.44. The lowest BCUT2D eigenvalue weighted by molar-refractivity contribution is -0.211. The number of carbonyl (C=O) groups excluding carboxylic acids is 1. The molecule has 1 aromatic rings. The van der Waals surface area contributed by atoms with E-state index in [0.29, 0.717) is 37.9 Å². The predicted molar refractivity (Wildman–Crippen MR) is 88.1 cm³/mol. The van der Waals surface area contributed by atoms with E-state index < -0.39 is 12.7 Å². The van der Waals surface area contributed by atoms with Crippen LogP contribution in [0.5, 0.6) is 5.75 Å². The van der Waals surface area contributed by atoms with Crippen LogP contribution in [0.4, 0.5) is 8.78 Å². The van der Waals surface area contributed by atoms with Gasteiger partial charge in [0.1, 0.15) is 5.75 Å². The fourth-order valence-electron chi connectivity index (χ4n) is 3.92. The summed E-state index contributed by atoms with van der Waals surface area (Å²) in [4.78, 5) is 14.3. The van der Waals surface area contributed by atoms with Gasteiger partial charge in [-0.2, -0.15) is 8.78 Å². The zero-order chi connectivity index (χ0) is 18.7. The summed E-state index contributed by atoms with van der Waals surface area (Å²) in [6.45, 7) is -1.86. The molecule has 2 fully saturated rings. The fourth-order valence-corrected chi connectivity index (χ4v) is 3.92. The number of benzene rings is 1. The molecule has 26 heavy (non-hydrogen) atoms. The van der Waals surface area contributed by atoms with Gasteiger partial charge in [0.25, 0.3) is 5.91 Å². The lowest BCUT2D eigenvalue weighted by Gasteiger charge is -2.56. The topological polar surface area (TPSA) is 79.2 Å². The Kier molecular flexibility index (Phi) is 5.74. The second-order valence-electron chi connectivity index (χ2n) is 6.77. The molecule has 1 aliphatic heterocycles. The summed E-state index contributed by atoms with van der Waals surface area (Å²) in [5.74, 6) is -0.299. The minimum absolute atomic E-state index is 0.0498. The molecule has 144 valence electrons. The standard InChI is InChI=1S/C18H23F2NO5/c19-17(20)26-13-3-1-2-12(10-13)16(24)21-6-4-18(5-7-21)14(23)11-15(18)25-9-8-22/h1-3,10,14-15,17,22-23H,4-9,11H2. The van der Waals surface area contributed by atoms with E-state index in [1.165, 1.54) is 18.2 Å². The van der Waals surface area contributed by atoms with Crippen molar-refractivity contribution in [2.75, 3.05) is 26.3 Å². The number of amides is 1. The average Bonchev–Trinajstić information content (AvgIpc) is 2.64. The maximum absolute atomic E-state index is 12.6. The number of nitrogens with zero attached hydrogens (tertiary/aromatic N) is 1. The summed E-state index contributed by atoms with van der Waals surface area (Å²) in [5.41, 5.74) is -0.0756. The van der Waals surface area contributed by atoms with Crippen molar-refractivity contribution in [2.45, 2.75) is 38.1 Å². The molecule has 1 spiro atoms. The first kappa shape index (κ1) is 19.0. The number of piperidine rings is 1. The van der Waals surface area contributed by atoms with Gasteiger partial charge in [-0.15, -0.1) is 0 Å². The predicted octanol–water partition coefficient (Wildman–Crippen LogP) is 1.65. The van der Waals surface area contributed by atoms with Crippen molar-refractivity contribution in [1.82, 2.24) is 4.90 Å². The second kappa shape index (κ2) is 7.85. The van der Waals surface area contributed by atoms with Crippen molar-refractivity contribution in [3.05, 3.63) is 29.8 Å². The molecule has 2 N–H and O–H groups in total. The van der Waals surface area contributed by atoms with Gasteiger partial charge in [-0.3, -0.25) is 4.79 Å². The summed E-state index contributed by atoms with van der Waals surface area (Å²) in [5, 5.41) is 19.1. The second-order valence-corrected chi connectivity index (χ2v) is 6.77. The molecule has 1 amide bonds. The minimum atomic E-state index is -2.94. The molecule has 8 heteroatoms. The normalized spacial score (nSPS) is 24.6. The minimum Gasteiger partial charge on any atom is -0.435 e.